The third-order valence-corrected chi connectivity index (χ3v) is 5.77. The molecule has 4 aromatic rings. The molecule has 0 fully saturated rings. The maximum absolute atomic E-state index is 10.9. The summed E-state index contributed by atoms with van der Waals surface area (Å²) in [5.74, 6) is 0.266. The molecule has 0 saturated carbocycles. The number of aryl methyl sites for hydroxylation is 1. The lowest BCUT2D eigenvalue weighted by molar-refractivity contribution is 0.284. The highest BCUT2D eigenvalue weighted by atomic mass is 16.3. The van der Waals surface area contributed by atoms with E-state index in [1.54, 1.807) is 4.80 Å². The van der Waals surface area contributed by atoms with Crippen LogP contribution in [0.4, 0.5) is 0 Å². The van der Waals surface area contributed by atoms with Crippen LogP contribution >= 0.6 is 0 Å². The van der Waals surface area contributed by atoms with Gasteiger partial charge in [0.25, 0.3) is 0 Å². The van der Waals surface area contributed by atoms with Gasteiger partial charge in [0, 0.05) is 11.1 Å². The minimum absolute atomic E-state index is 0.0256. The molecule has 160 valence electrons. The molecular formula is C27H31N3O. The number of fused-ring (bicyclic) bond motifs is 1. The maximum Gasteiger partial charge on any atom is 0.123 e. The second-order valence-electron chi connectivity index (χ2n) is 10.3. The number of hydrogen-bond acceptors (Lipinski definition) is 3. The average molecular weight is 414 g/mol. The van der Waals surface area contributed by atoms with Crippen LogP contribution in [0.1, 0.15) is 52.2 Å². The molecule has 0 unspecified atom stereocenters. The van der Waals surface area contributed by atoms with Crippen molar-refractivity contribution in [3.63, 3.8) is 0 Å². The second-order valence-corrected chi connectivity index (χ2v) is 10.3. The fourth-order valence-electron chi connectivity index (χ4n) is 4.72. The number of rotatable bonds is 4. The van der Waals surface area contributed by atoms with Gasteiger partial charge in [-0.25, -0.2) is 0 Å². The van der Waals surface area contributed by atoms with E-state index in [2.05, 4.69) is 63.9 Å². The number of aromatic nitrogens is 3. The van der Waals surface area contributed by atoms with Crippen molar-refractivity contribution in [1.29, 1.82) is 0 Å². The highest BCUT2D eigenvalue weighted by Gasteiger charge is 2.28. The van der Waals surface area contributed by atoms with Gasteiger partial charge in [0.15, 0.2) is 0 Å². The molecule has 4 nitrogen and oxygen atoms in total. The lowest BCUT2D eigenvalue weighted by Crippen LogP contribution is -2.24. The summed E-state index contributed by atoms with van der Waals surface area (Å²) in [4.78, 5) is 1.68. The first-order chi connectivity index (χ1) is 14.5. The smallest absolute Gasteiger partial charge is 0.123 e. The van der Waals surface area contributed by atoms with Gasteiger partial charge in [-0.15, -0.1) is 15.0 Å². The van der Waals surface area contributed by atoms with Gasteiger partial charge in [-0.05, 0) is 65.6 Å². The van der Waals surface area contributed by atoms with Gasteiger partial charge in [0.05, 0.1) is 5.69 Å². The van der Waals surface area contributed by atoms with Crippen molar-refractivity contribution in [2.24, 2.45) is 5.41 Å². The van der Waals surface area contributed by atoms with Crippen molar-refractivity contribution >= 4 is 11.0 Å². The molecule has 0 saturated heterocycles. The summed E-state index contributed by atoms with van der Waals surface area (Å²) < 4.78 is 0. The zero-order valence-corrected chi connectivity index (χ0v) is 19.3. The van der Waals surface area contributed by atoms with E-state index in [0.717, 1.165) is 39.8 Å². The van der Waals surface area contributed by atoms with Crippen LogP contribution in [-0.4, -0.2) is 20.1 Å². The summed E-state index contributed by atoms with van der Waals surface area (Å²) in [5.41, 5.74) is 6.78. The molecule has 4 rings (SSSR count). The van der Waals surface area contributed by atoms with Gasteiger partial charge in [-0.3, -0.25) is 0 Å². The molecule has 1 N–H and O–H groups in total. The largest absolute Gasteiger partial charge is 0.507 e. The van der Waals surface area contributed by atoms with Crippen LogP contribution in [0.25, 0.3) is 27.8 Å². The molecule has 31 heavy (non-hydrogen) atoms. The Morgan fingerprint density at radius 2 is 1.48 bits per heavy atom. The number of phenols is 1. The standard InChI is InChI=1S/C27H31N3O/c1-18-10-9-13-23(30-28-21-11-7-8-12-22(21)29-30)25(18)20-16-19(14-15-24(20)31)27(5,6)17-26(2,3)4/h7-16,31H,17H2,1-6H3. The molecule has 3 aromatic carbocycles. The third kappa shape index (κ3) is 4.20. The Balaban J connectivity index is 1.89. The van der Waals surface area contributed by atoms with E-state index in [9.17, 15) is 5.11 Å². The van der Waals surface area contributed by atoms with Gasteiger partial charge in [-0.1, -0.05) is 65.0 Å². The predicted molar refractivity (Wildman–Crippen MR) is 128 cm³/mol. The fourth-order valence-corrected chi connectivity index (χ4v) is 4.72. The van der Waals surface area contributed by atoms with Crippen molar-refractivity contribution in [2.75, 3.05) is 0 Å². The van der Waals surface area contributed by atoms with E-state index in [0.29, 0.717) is 0 Å². The molecule has 1 aromatic heterocycles. The van der Waals surface area contributed by atoms with Crippen molar-refractivity contribution < 1.29 is 5.11 Å². The Labute approximate surface area is 184 Å². The number of nitrogens with zero attached hydrogens (tertiary/aromatic N) is 3. The van der Waals surface area contributed by atoms with Crippen molar-refractivity contribution in [2.45, 2.75) is 53.4 Å². The second kappa shape index (κ2) is 7.52. The van der Waals surface area contributed by atoms with E-state index in [1.165, 1.54) is 5.56 Å². The van der Waals surface area contributed by atoms with E-state index in [4.69, 9.17) is 0 Å². The first-order valence-electron chi connectivity index (χ1n) is 10.8. The Morgan fingerprint density at radius 1 is 0.839 bits per heavy atom. The van der Waals surface area contributed by atoms with Crippen LogP contribution in [-0.2, 0) is 5.41 Å². The minimum atomic E-state index is -0.0256. The summed E-state index contributed by atoms with van der Waals surface area (Å²) >= 11 is 0. The van der Waals surface area contributed by atoms with Gasteiger partial charge >= 0.3 is 0 Å². The summed E-state index contributed by atoms with van der Waals surface area (Å²) in [6.07, 6.45) is 1.04. The van der Waals surface area contributed by atoms with Crippen LogP contribution in [0.2, 0.25) is 0 Å². The van der Waals surface area contributed by atoms with Crippen LogP contribution in [0.5, 0.6) is 5.75 Å². The molecule has 0 aliphatic carbocycles. The zero-order valence-electron chi connectivity index (χ0n) is 19.3. The van der Waals surface area contributed by atoms with Gasteiger partial charge in [0.2, 0.25) is 0 Å². The van der Waals surface area contributed by atoms with Crippen molar-refractivity contribution in [1.82, 2.24) is 15.0 Å². The van der Waals surface area contributed by atoms with Crippen LogP contribution in [0.15, 0.2) is 60.7 Å². The summed E-state index contributed by atoms with van der Waals surface area (Å²) in [7, 11) is 0. The highest BCUT2D eigenvalue weighted by Crippen LogP contribution is 2.42. The number of hydrogen-bond donors (Lipinski definition) is 1. The fraction of sp³-hybridized carbons (Fsp3) is 0.333. The maximum atomic E-state index is 10.9. The van der Waals surface area contributed by atoms with Crippen molar-refractivity contribution in [3.8, 4) is 22.6 Å². The first kappa shape index (κ1) is 21.1. The first-order valence-corrected chi connectivity index (χ1v) is 10.8. The molecule has 0 spiro atoms. The molecule has 0 radical (unpaired) electrons. The number of phenolic OH excluding ortho intramolecular Hbond substituents is 1. The van der Waals surface area contributed by atoms with Crippen molar-refractivity contribution in [3.05, 3.63) is 71.8 Å². The topological polar surface area (TPSA) is 50.9 Å². The van der Waals surface area contributed by atoms with E-state index in [-0.39, 0.29) is 16.6 Å². The molecular weight excluding hydrogens is 382 g/mol. The number of benzene rings is 3. The average Bonchev–Trinajstić information content (AvgIpc) is 3.10. The lowest BCUT2D eigenvalue weighted by atomic mass is 9.72. The van der Waals surface area contributed by atoms with Crippen LogP contribution in [0, 0.1) is 12.3 Å². The Morgan fingerprint density at radius 3 is 2.10 bits per heavy atom. The predicted octanol–water partition coefficient (Wildman–Crippen LogP) is 6.82. The van der Waals surface area contributed by atoms with Crippen LogP contribution < -0.4 is 0 Å². The zero-order chi connectivity index (χ0) is 22.4. The molecule has 1 heterocycles. The Hall–Kier alpha value is -3.14. The molecule has 0 aliphatic rings. The summed E-state index contributed by atoms with van der Waals surface area (Å²) in [5, 5.41) is 20.2. The van der Waals surface area contributed by atoms with Gasteiger partial charge in [-0.2, -0.15) is 0 Å². The Kier molecular flexibility index (Phi) is 5.12. The third-order valence-electron chi connectivity index (χ3n) is 5.77. The van der Waals surface area contributed by atoms with E-state index >= 15 is 0 Å². The molecule has 4 heteroatoms. The quantitative estimate of drug-likeness (QED) is 0.399. The molecule has 0 bridgehead atoms. The molecule has 0 aliphatic heterocycles. The van der Waals surface area contributed by atoms with E-state index < -0.39 is 0 Å². The van der Waals surface area contributed by atoms with Gasteiger partial charge < -0.3 is 5.11 Å². The SMILES string of the molecule is Cc1cccc(-n2nc3ccccc3n2)c1-c1cc(C(C)(C)CC(C)(C)C)ccc1O. The highest BCUT2D eigenvalue weighted by molar-refractivity contribution is 5.81. The summed E-state index contributed by atoms with van der Waals surface area (Å²) in [6, 6.07) is 19.9. The minimum Gasteiger partial charge on any atom is -0.507 e. The monoisotopic (exact) mass is 413 g/mol. The van der Waals surface area contributed by atoms with Crippen LogP contribution in [0.3, 0.4) is 0 Å². The normalized spacial score (nSPS) is 12.5. The van der Waals surface area contributed by atoms with E-state index in [1.807, 2.05) is 48.5 Å². The molecule has 0 atom stereocenters. The lowest BCUT2D eigenvalue weighted by Gasteiger charge is -2.33. The Bertz CT molecular complexity index is 1210. The summed E-state index contributed by atoms with van der Waals surface area (Å²) in [6.45, 7) is 13.4. The number of aromatic hydroxyl groups is 1. The molecule has 0 amide bonds. The van der Waals surface area contributed by atoms with Gasteiger partial charge in [0.1, 0.15) is 16.8 Å².